The van der Waals surface area contributed by atoms with Gasteiger partial charge in [-0.25, -0.2) is 4.98 Å². The number of para-hydroxylation sites is 4. The zero-order chi connectivity index (χ0) is 55.5. The third kappa shape index (κ3) is 6.63. The van der Waals surface area contributed by atoms with Crippen LogP contribution in [0.15, 0.2) is 255 Å². The molecular formula is C66H42N4O. The lowest BCUT2D eigenvalue weighted by molar-refractivity contribution is -0.571. The molecule has 0 amide bonds. The summed E-state index contributed by atoms with van der Waals surface area (Å²) in [5, 5.41) is 2.07. The van der Waals surface area contributed by atoms with E-state index in [2.05, 4.69) is 108 Å². The first-order valence-corrected chi connectivity index (χ1v) is 23.2. The second kappa shape index (κ2) is 16.6. The third-order valence-electron chi connectivity index (χ3n) is 13.4. The predicted octanol–water partition coefficient (Wildman–Crippen LogP) is 16.3. The van der Waals surface area contributed by atoms with E-state index in [9.17, 15) is 0 Å². The van der Waals surface area contributed by atoms with Crippen molar-refractivity contribution < 1.29 is 23.0 Å². The zero-order valence-corrected chi connectivity index (χ0v) is 37.7. The fourth-order valence-electron chi connectivity index (χ4n) is 10.4. The average Bonchev–Trinajstić information content (AvgIpc) is 4.26. The van der Waals surface area contributed by atoms with Gasteiger partial charge in [0.05, 0.1) is 47.1 Å². The molecule has 332 valence electrons. The van der Waals surface area contributed by atoms with Crippen LogP contribution >= 0.6 is 0 Å². The van der Waals surface area contributed by atoms with Crippen LogP contribution in [0.2, 0.25) is 0 Å². The van der Waals surface area contributed by atoms with Crippen LogP contribution in [0, 0.1) is 6.33 Å². The Labute approximate surface area is 425 Å². The number of imidazole rings is 1. The first-order valence-electron chi connectivity index (χ1n) is 28.2. The van der Waals surface area contributed by atoms with E-state index in [1.807, 2.05) is 79.0 Å². The number of aromatic nitrogens is 4. The van der Waals surface area contributed by atoms with Crippen LogP contribution in [0.25, 0.3) is 117 Å². The maximum absolute atomic E-state index is 9.09. The van der Waals surface area contributed by atoms with Gasteiger partial charge in [-0.15, -0.1) is 0 Å². The topological polar surface area (TPSA) is 35.9 Å². The molecule has 3 heterocycles. The molecule has 0 fully saturated rings. The van der Waals surface area contributed by atoms with Gasteiger partial charge in [-0.2, -0.15) is 0 Å². The number of benzene rings is 10. The van der Waals surface area contributed by atoms with Crippen LogP contribution < -0.4 is 9.30 Å². The van der Waals surface area contributed by atoms with Gasteiger partial charge in [-0.1, -0.05) is 200 Å². The van der Waals surface area contributed by atoms with Crippen LogP contribution in [-0.4, -0.2) is 14.1 Å². The summed E-state index contributed by atoms with van der Waals surface area (Å²) in [5.41, 5.74) is 12.7. The first kappa shape index (κ1) is 31.5. The maximum atomic E-state index is 9.09. The molecule has 13 aromatic rings. The highest BCUT2D eigenvalue weighted by molar-refractivity contribution is 6.11. The van der Waals surface area contributed by atoms with Crippen molar-refractivity contribution in [3.05, 3.63) is 261 Å². The molecule has 0 saturated carbocycles. The second-order valence-electron chi connectivity index (χ2n) is 17.3. The standard InChI is InChI=1S/C66H42N4O/c1-3-19-44(20-4-1)49-32-18-33-50(45-21-5-2-6-22-45)65(49)69-43-68(61-35-15-16-36-62(61)69)46-23-17-24-47(41-46)71-48-37-38-57-56-30-13-14-34-60(56)70(63(57)42-48)66-64-58-31-12-11-28-54(58)52-26-8-7-25-51(52)53-27-9-10-29-55(53)59(64)39-40-67-66/h1-42H/i1D,2D,3D,4D,5D,6D,19D,20D,21D,22D. The van der Waals surface area contributed by atoms with E-state index in [4.69, 9.17) is 23.4 Å². The summed E-state index contributed by atoms with van der Waals surface area (Å²) in [5.74, 6) is 1.83. The molecule has 14 rings (SSSR count). The Kier molecular flexibility index (Phi) is 7.35. The number of hydrogen-bond donors (Lipinski definition) is 0. The largest absolute Gasteiger partial charge is 0.458 e. The van der Waals surface area contributed by atoms with Gasteiger partial charge < -0.3 is 4.74 Å². The number of ether oxygens (including phenoxy) is 1. The van der Waals surface area contributed by atoms with Crippen molar-refractivity contribution >= 4 is 32.8 Å². The highest BCUT2D eigenvalue weighted by Gasteiger charge is 2.27. The lowest BCUT2D eigenvalue weighted by Gasteiger charge is -2.25. The van der Waals surface area contributed by atoms with Gasteiger partial charge in [-0.05, 0) is 104 Å². The van der Waals surface area contributed by atoms with E-state index < -0.39 is 60.4 Å². The summed E-state index contributed by atoms with van der Waals surface area (Å²) in [6.45, 7) is 0. The Bertz CT molecular complexity index is 4680. The number of fused-ring (bicyclic) bond motifs is 12. The molecule has 0 atom stereocenters. The quantitative estimate of drug-likeness (QED) is 0.118. The van der Waals surface area contributed by atoms with E-state index in [1.54, 1.807) is 27.3 Å². The summed E-state index contributed by atoms with van der Waals surface area (Å²) in [6, 6.07) is 56.7. The van der Waals surface area contributed by atoms with Gasteiger partial charge in [-0.3, -0.25) is 13.7 Å². The summed E-state index contributed by atoms with van der Waals surface area (Å²) < 4.78 is 100. The van der Waals surface area contributed by atoms with Crippen molar-refractivity contribution in [1.29, 1.82) is 0 Å². The van der Waals surface area contributed by atoms with Crippen LogP contribution in [0.4, 0.5) is 0 Å². The van der Waals surface area contributed by atoms with Crippen LogP contribution in [0.3, 0.4) is 0 Å². The summed E-state index contributed by atoms with van der Waals surface area (Å²) in [6.07, 6.45) is 5.36. The van der Waals surface area contributed by atoms with Gasteiger partial charge in [0.25, 0.3) is 6.33 Å². The van der Waals surface area contributed by atoms with Crippen molar-refractivity contribution in [2.45, 2.75) is 0 Å². The average molecular weight is 917 g/mol. The van der Waals surface area contributed by atoms with E-state index >= 15 is 0 Å². The normalized spacial score (nSPS) is 13.6. The lowest BCUT2D eigenvalue weighted by Crippen LogP contribution is -2.31. The molecule has 0 N–H and O–H groups in total. The smallest absolute Gasteiger partial charge is 0.269 e. The number of pyridine rings is 1. The summed E-state index contributed by atoms with van der Waals surface area (Å²) >= 11 is 0. The van der Waals surface area contributed by atoms with Crippen molar-refractivity contribution in [2.75, 3.05) is 0 Å². The van der Waals surface area contributed by atoms with Crippen molar-refractivity contribution in [2.24, 2.45) is 0 Å². The molecule has 5 heteroatoms. The van der Waals surface area contributed by atoms with Gasteiger partial charge in [0.15, 0.2) is 0 Å². The Morgan fingerprint density at radius 1 is 0.437 bits per heavy atom. The first-order chi connectivity index (χ1) is 39.4. The Morgan fingerprint density at radius 3 is 1.66 bits per heavy atom. The molecular weight excluding hydrogens is 865 g/mol. The van der Waals surface area contributed by atoms with E-state index in [1.165, 1.54) is 0 Å². The van der Waals surface area contributed by atoms with Gasteiger partial charge in [0, 0.05) is 28.6 Å². The summed E-state index contributed by atoms with van der Waals surface area (Å²) in [4.78, 5) is 5.26. The van der Waals surface area contributed by atoms with E-state index in [-0.39, 0.29) is 27.9 Å². The molecule has 5 nitrogen and oxygen atoms in total. The monoisotopic (exact) mass is 916 g/mol. The van der Waals surface area contributed by atoms with Crippen LogP contribution in [-0.2, 0) is 0 Å². The fraction of sp³-hybridized carbons (Fsp3) is 0. The van der Waals surface area contributed by atoms with Gasteiger partial charge >= 0.3 is 0 Å². The molecule has 1 aliphatic rings. The van der Waals surface area contributed by atoms with Crippen LogP contribution in [0.5, 0.6) is 11.5 Å². The molecule has 0 radical (unpaired) electrons. The SMILES string of the molecule is [2H]c1c([2H])c([2H])c(-c2cccc(-c3c([2H])c([2H])c([2H])c([2H])c3[2H])c2-[n+]2[c-]n(-c3cccc(Oc4ccc5c6ccccc6n(-c6nccc7c6-c6ccccc6-c6ccccc6-c6ccccc6-7)c5c4)c3)c3ccccc32)c([2H])c1[2H]. The molecule has 71 heavy (non-hydrogen) atoms. The predicted molar refractivity (Wildman–Crippen MR) is 288 cm³/mol. The van der Waals surface area contributed by atoms with Crippen molar-refractivity contribution in [3.63, 3.8) is 0 Å². The minimum Gasteiger partial charge on any atom is -0.458 e. The maximum Gasteiger partial charge on any atom is 0.269 e. The lowest BCUT2D eigenvalue weighted by atomic mass is 9.81. The van der Waals surface area contributed by atoms with Crippen molar-refractivity contribution in [3.8, 4) is 95.5 Å². The Hall–Kier alpha value is -9.58. The fourth-order valence-corrected chi connectivity index (χ4v) is 10.4. The third-order valence-corrected chi connectivity index (χ3v) is 13.4. The molecule has 1 aliphatic carbocycles. The van der Waals surface area contributed by atoms with Gasteiger partial charge in [0.1, 0.15) is 17.3 Å². The Morgan fingerprint density at radius 2 is 0.972 bits per heavy atom. The molecule has 0 bridgehead atoms. The molecule has 0 saturated heterocycles. The zero-order valence-electron chi connectivity index (χ0n) is 47.7. The molecule has 10 aromatic carbocycles. The second-order valence-corrected chi connectivity index (χ2v) is 17.3. The molecule has 0 aliphatic heterocycles. The minimum absolute atomic E-state index is 0.135. The summed E-state index contributed by atoms with van der Waals surface area (Å²) in [7, 11) is 0. The number of nitrogens with zero attached hydrogens (tertiary/aromatic N) is 4. The highest BCUT2D eigenvalue weighted by Crippen LogP contribution is 2.50. The van der Waals surface area contributed by atoms with Crippen LogP contribution in [0.1, 0.15) is 13.7 Å². The Balaban J connectivity index is 0.931. The molecule has 0 spiro atoms. The number of hydrogen-bond acceptors (Lipinski definition) is 2. The molecule has 3 aromatic heterocycles. The highest BCUT2D eigenvalue weighted by atomic mass is 16.5. The minimum atomic E-state index is -0.570. The van der Waals surface area contributed by atoms with E-state index in [0.29, 0.717) is 28.2 Å². The molecule has 0 unspecified atom stereocenters. The van der Waals surface area contributed by atoms with E-state index in [0.717, 1.165) is 72.1 Å². The van der Waals surface area contributed by atoms with Gasteiger partial charge in [0.2, 0.25) is 0 Å². The number of rotatable bonds is 7. The van der Waals surface area contributed by atoms with Crippen molar-refractivity contribution in [1.82, 2.24) is 14.1 Å².